The van der Waals surface area contributed by atoms with Gasteiger partial charge in [-0.05, 0) is 13.0 Å². The summed E-state index contributed by atoms with van der Waals surface area (Å²) in [6, 6.07) is 5.33. The summed E-state index contributed by atoms with van der Waals surface area (Å²) < 4.78 is 10.3. The van der Waals surface area contributed by atoms with Gasteiger partial charge in [0.1, 0.15) is 12.2 Å². The molecule has 1 unspecified atom stereocenters. The molecule has 0 saturated heterocycles. The number of hydrogen-bond acceptors (Lipinski definition) is 4. The maximum absolute atomic E-state index is 8.54. The fourth-order valence-corrected chi connectivity index (χ4v) is 0.991. The Morgan fingerprint density at radius 2 is 2.36 bits per heavy atom. The van der Waals surface area contributed by atoms with Crippen LogP contribution in [0.15, 0.2) is 18.3 Å². The molecule has 0 bridgehead atoms. The van der Waals surface area contributed by atoms with E-state index in [0.717, 1.165) is 0 Å². The van der Waals surface area contributed by atoms with Crippen molar-refractivity contribution in [3.8, 4) is 11.9 Å². The molecule has 0 spiro atoms. The second kappa shape index (κ2) is 5.20. The average molecular weight is 192 g/mol. The minimum absolute atomic E-state index is 0.0413. The van der Waals surface area contributed by atoms with Gasteiger partial charge in [-0.25, -0.2) is 4.98 Å². The lowest BCUT2D eigenvalue weighted by Gasteiger charge is -2.12. The van der Waals surface area contributed by atoms with E-state index in [-0.39, 0.29) is 6.10 Å². The summed E-state index contributed by atoms with van der Waals surface area (Å²) in [5, 5.41) is 8.54. The SMILES string of the molecule is COCC(C)Oc1ccc(C#N)cn1. The van der Waals surface area contributed by atoms with Gasteiger partial charge in [0.15, 0.2) is 0 Å². The van der Waals surface area contributed by atoms with Gasteiger partial charge in [-0.2, -0.15) is 5.26 Å². The summed E-state index contributed by atoms with van der Waals surface area (Å²) in [5.74, 6) is 0.508. The molecule has 0 amide bonds. The van der Waals surface area contributed by atoms with Crippen molar-refractivity contribution in [2.24, 2.45) is 0 Å². The monoisotopic (exact) mass is 192 g/mol. The van der Waals surface area contributed by atoms with Crippen LogP contribution < -0.4 is 4.74 Å². The van der Waals surface area contributed by atoms with E-state index in [0.29, 0.717) is 18.1 Å². The number of hydrogen-bond donors (Lipinski definition) is 0. The van der Waals surface area contributed by atoms with Crippen molar-refractivity contribution in [1.82, 2.24) is 4.98 Å². The van der Waals surface area contributed by atoms with E-state index in [4.69, 9.17) is 14.7 Å². The molecule has 0 saturated carbocycles. The lowest BCUT2D eigenvalue weighted by Crippen LogP contribution is -2.18. The van der Waals surface area contributed by atoms with Crippen LogP contribution in [0.1, 0.15) is 12.5 Å². The quantitative estimate of drug-likeness (QED) is 0.722. The molecule has 1 rings (SSSR count). The number of nitriles is 1. The van der Waals surface area contributed by atoms with Gasteiger partial charge in [0.2, 0.25) is 5.88 Å². The third kappa shape index (κ3) is 3.04. The van der Waals surface area contributed by atoms with Crippen molar-refractivity contribution >= 4 is 0 Å². The molecule has 0 aromatic carbocycles. The number of pyridine rings is 1. The first-order valence-electron chi connectivity index (χ1n) is 4.28. The van der Waals surface area contributed by atoms with Gasteiger partial charge in [0, 0.05) is 19.4 Å². The Bertz CT molecular complexity index is 316. The van der Waals surface area contributed by atoms with E-state index < -0.39 is 0 Å². The Kier molecular flexibility index (Phi) is 3.89. The minimum Gasteiger partial charge on any atom is -0.472 e. The molecule has 0 aliphatic heterocycles. The highest BCUT2D eigenvalue weighted by atomic mass is 16.5. The number of nitrogens with zero attached hydrogens (tertiary/aromatic N) is 2. The molecule has 1 aromatic rings. The molecule has 1 aromatic heterocycles. The van der Waals surface area contributed by atoms with Crippen LogP contribution in [0.2, 0.25) is 0 Å². The third-order valence-electron chi connectivity index (χ3n) is 1.59. The minimum atomic E-state index is -0.0413. The lowest BCUT2D eigenvalue weighted by atomic mass is 10.3. The van der Waals surface area contributed by atoms with E-state index in [1.165, 1.54) is 6.20 Å². The summed E-state index contributed by atoms with van der Waals surface area (Å²) in [4.78, 5) is 3.97. The molecular weight excluding hydrogens is 180 g/mol. The average Bonchev–Trinajstić information content (AvgIpc) is 2.19. The molecule has 1 atom stereocenters. The number of methoxy groups -OCH3 is 1. The molecule has 0 N–H and O–H groups in total. The molecule has 1 heterocycles. The van der Waals surface area contributed by atoms with Gasteiger partial charge in [-0.1, -0.05) is 0 Å². The highest BCUT2D eigenvalue weighted by molar-refractivity contribution is 5.28. The van der Waals surface area contributed by atoms with Crippen LogP contribution in [0, 0.1) is 11.3 Å². The van der Waals surface area contributed by atoms with Gasteiger partial charge in [-0.15, -0.1) is 0 Å². The standard InChI is InChI=1S/C10H12N2O2/c1-8(7-13-2)14-10-4-3-9(5-11)6-12-10/h3-4,6,8H,7H2,1-2H3. The second-order valence-corrected chi connectivity index (χ2v) is 2.88. The summed E-state index contributed by atoms with van der Waals surface area (Å²) >= 11 is 0. The Hall–Kier alpha value is -1.60. The molecular formula is C10H12N2O2. The molecule has 4 nitrogen and oxygen atoms in total. The van der Waals surface area contributed by atoms with E-state index in [1.54, 1.807) is 19.2 Å². The van der Waals surface area contributed by atoms with Crippen molar-refractivity contribution in [2.75, 3.05) is 13.7 Å². The third-order valence-corrected chi connectivity index (χ3v) is 1.59. The summed E-state index contributed by atoms with van der Waals surface area (Å²) in [6.07, 6.45) is 1.44. The van der Waals surface area contributed by atoms with Crippen molar-refractivity contribution < 1.29 is 9.47 Å². The summed E-state index contributed by atoms with van der Waals surface area (Å²) in [7, 11) is 1.62. The van der Waals surface area contributed by atoms with Crippen molar-refractivity contribution in [2.45, 2.75) is 13.0 Å². The van der Waals surface area contributed by atoms with Crippen LogP contribution in [0.4, 0.5) is 0 Å². The van der Waals surface area contributed by atoms with Gasteiger partial charge < -0.3 is 9.47 Å². The van der Waals surface area contributed by atoms with Crippen LogP contribution in [0.5, 0.6) is 5.88 Å². The number of rotatable bonds is 4. The fraction of sp³-hybridized carbons (Fsp3) is 0.400. The van der Waals surface area contributed by atoms with Gasteiger partial charge in [0.25, 0.3) is 0 Å². The second-order valence-electron chi connectivity index (χ2n) is 2.88. The Balaban J connectivity index is 2.56. The van der Waals surface area contributed by atoms with Crippen LogP contribution in [-0.4, -0.2) is 24.8 Å². The first kappa shape index (κ1) is 10.5. The molecule has 0 radical (unpaired) electrons. The zero-order valence-electron chi connectivity index (χ0n) is 8.23. The zero-order chi connectivity index (χ0) is 10.4. The van der Waals surface area contributed by atoms with Gasteiger partial charge >= 0.3 is 0 Å². The van der Waals surface area contributed by atoms with E-state index in [9.17, 15) is 0 Å². The van der Waals surface area contributed by atoms with Crippen LogP contribution >= 0.6 is 0 Å². The highest BCUT2D eigenvalue weighted by Crippen LogP contribution is 2.08. The molecule has 74 valence electrons. The molecule has 0 aliphatic carbocycles. The Morgan fingerprint density at radius 3 is 2.86 bits per heavy atom. The summed E-state index contributed by atoms with van der Waals surface area (Å²) in [6.45, 7) is 2.41. The zero-order valence-corrected chi connectivity index (χ0v) is 8.23. The fourth-order valence-electron chi connectivity index (χ4n) is 0.991. The first-order chi connectivity index (χ1) is 6.76. The Morgan fingerprint density at radius 1 is 1.57 bits per heavy atom. The van der Waals surface area contributed by atoms with Crippen molar-refractivity contribution in [3.63, 3.8) is 0 Å². The van der Waals surface area contributed by atoms with E-state index in [1.807, 2.05) is 13.0 Å². The lowest BCUT2D eigenvalue weighted by molar-refractivity contribution is 0.0890. The topological polar surface area (TPSA) is 55.1 Å². The summed E-state index contributed by atoms with van der Waals surface area (Å²) in [5.41, 5.74) is 0.525. The normalized spacial score (nSPS) is 11.8. The largest absolute Gasteiger partial charge is 0.472 e. The molecule has 0 fully saturated rings. The molecule has 14 heavy (non-hydrogen) atoms. The smallest absolute Gasteiger partial charge is 0.213 e. The van der Waals surface area contributed by atoms with Gasteiger partial charge in [-0.3, -0.25) is 0 Å². The van der Waals surface area contributed by atoms with Gasteiger partial charge in [0.05, 0.1) is 12.2 Å². The maximum Gasteiger partial charge on any atom is 0.213 e. The van der Waals surface area contributed by atoms with Crippen LogP contribution in [0.3, 0.4) is 0 Å². The first-order valence-corrected chi connectivity index (χ1v) is 4.28. The maximum atomic E-state index is 8.54. The predicted octanol–water partition coefficient (Wildman–Crippen LogP) is 1.37. The van der Waals surface area contributed by atoms with Crippen LogP contribution in [0.25, 0.3) is 0 Å². The Labute approximate surface area is 83.1 Å². The predicted molar refractivity (Wildman–Crippen MR) is 50.9 cm³/mol. The van der Waals surface area contributed by atoms with Crippen molar-refractivity contribution in [3.05, 3.63) is 23.9 Å². The molecule has 4 heteroatoms. The highest BCUT2D eigenvalue weighted by Gasteiger charge is 2.03. The number of aromatic nitrogens is 1. The van der Waals surface area contributed by atoms with E-state index >= 15 is 0 Å². The number of ether oxygens (including phenoxy) is 2. The van der Waals surface area contributed by atoms with Crippen molar-refractivity contribution in [1.29, 1.82) is 5.26 Å². The molecule has 0 aliphatic rings. The van der Waals surface area contributed by atoms with E-state index in [2.05, 4.69) is 4.98 Å². The van der Waals surface area contributed by atoms with Crippen LogP contribution in [-0.2, 0) is 4.74 Å².